The summed E-state index contributed by atoms with van der Waals surface area (Å²) in [7, 11) is 1.81. The van der Waals surface area contributed by atoms with Crippen LogP contribution in [0.3, 0.4) is 0 Å². The van der Waals surface area contributed by atoms with Crippen molar-refractivity contribution in [1.82, 2.24) is 15.5 Å². The minimum absolute atomic E-state index is 0.559. The lowest BCUT2D eigenvalue weighted by Crippen LogP contribution is -2.43. The molecule has 0 aromatic heterocycles. The van der Waals surface area contributed by atoms with Crippen LogP contribution in [0.1, 0.15) is 44.7 Å². The van der Waals surface area contributed by atoms with Gasteiger partial charge in [-0.2, -0.15) is 0 Å². The summed E-state index contributed by atoms with van der Waals surface area (Å²) in [4.78, 5) is 6.93. The van der Waals surface area contributed by atoms with Gasteiger partial charge in [0.15, 0.2) is 5.96 Å². The molecule has 0 atom stereocenters. The molecule has 2 rings (SSSR count). The minimum atomic E-state index is 0.559. The van der Waals surface area contributed by atoms with Gasteiger partial charge in [-0.15, -0.1) is 0 Å². The Morgan fingerprint density at radius 3 is 2.68 bits per heavy atom. The zero-order chi connectivity index (χ0) is 20.4. The number of benzene rings is 1. The highest BCUT2D eigenvalue weighted by Gasteiger charge is 2.30. The molecule has 0 heterocycles. The Kier molecular flexibility index (Phi) is 9.58. The largest absolute Gasteiger partial charge is 0.491 e. The SMILES string of the molecule is CCOCCOc1cc(C)ccc1CNC(=NC)NCCN(C(C)C)C1CC1. The predicted molar refractivity (Wildman–Crippen MR) is 116 cm³/mol. The molecule has 6 heteroatoms. The van der Waals surface area contributed by atoms with Gasteiger partial charge in [-0.05, 0) is 52.2 Å². The number of aliphatic imine (C=N–C) groups is 1. The van der Waals surface area contributed by atoms with E-state index in [0.29, 0.717) is 32.4 Å². The Balaban J connectivity index is 1.81. The van der Waals surface area contributed by atoms with Gasteiger partial charge in [0.25, 0.3) is 0 Å². The molecule has 1 saturated carbocycles. The van der Waals surface area contributed by atoms with Crippen LogP contribution in [-0.4, -0.2) is 62.9 Å². The average molecular weight is 391 g/mol. The topological polar surface area (TPSA) is 58.1 Å². The molecule has 1 fully saturated rings. The second-order valence-electron chi connectivity index (χ2n) is 7.57. The number of nitrogens with one attached hydrogen (secondary N) is 2. The van der Waals surface area contributed by atoms with Gasteiger partial charge in [0.2, 0.25) is 0 Å². The van der Waals surface area contributed by atoms with Crippen molar-refractivity contribution >= 4 is 5.96 Å². The average Bonchev–Trinajstić information content (AvgIpc) is 3.50. The summed E-state index contributed by atoms with van der Waals surface area (Å²) in [5.41, 5.74) is 2.30. The number of hydrogen-bond donors (Lipinski definition) is 2. The van der Waals surface area contributed by atoms with E-state index in [0.717, 1.165) is 36.4 Å². The molecule has 0 radical (unpaired) electrons. The van der Waals surface area contributed by atoms with Crippen LogP contribution in [-0.2, 0) is 11.3 Å². The van der Waals surface area contributed by atoms with Crippen molar-refractivity contribution < 1.29 is 9.47 Å². The summed E-state index contributed by atoms with van der Waals surface area (Å²) < 4.78 is 11.3. The van der Waals surface area contributed by atoms with Gasteiger partial charge in [-0.3, -0.25) is 9.89 Å². The van der Waals surface area contributed by atoms with Gasteiger partial charge in [0.05, 0.1) is 6.61 Å². The first-order chi connectivity index (χ1) is 13.5. The lowest BCUT2D eigenvalue weighted by molar-refractivity contribution is 0.110. The molecule has 1 aliphatic rings. The van der Waals surface area contributed by atoms with Crippen LogP contribution in [0, 0.1) is 6.92 Å². The maximum Gasteiger partial charge on any atom is 0.191 e. The maximum absolute atomic E-state index is 5.93. The van der Waals surface area contributed by atoms with E-state index in [2.05, 4.69) is 59.5 Å². The van der Waals surface area contributed by atoms with E-state index < -0.39 is 0 Å². The predicted octanol–water partition coefficient (Wildman–Crippen LogP) is 2.95. The Morgan fingerprint density at radius 1 is 1.25 bits per heavy atom. The van der Waals surface area contributed by atoms with E-state index >= 15 is 0 Å². The molecule has 1 aromatic rings. The molecule has 1 aliphatic carbocycles. The fourth-order valence-electron chi connectivity index (χ4n) is 3.27. The first-order valence-electron chi connectivity index (χ1n) is 10.6. The van der Waals surface area contributed by atoms with E-state index in [1.165, 1.54) is 18.4 Å². The van der Waals surface area contributed by atoms with Crippen molar-refractivity contribution in [3.8, 4) is 5.75 Å². The molecule has 0 aliphatic heterocycles. The van der Waals surface area contributed by atoms with Crippen molar-refractivity contribution in [2.45, 2.75) is 59.2 Å². The number of hydrogen-bond acceptors (Lipinski definition) is 4. The molecular weight excluding hydrogens is 352 g/mol. The second kappa shape index (κ2) is 11.9. The van der Waals surface area contributed by atoms with Crippen molar-refractivity contribution in [2.75, 3.05) is 40.0 Å². The zero-order valence-electron chi connectivity index (χ0n) is 18.3. The molecule has 6 nitrogen and oxygen atoms in total. The fraction of sp³-hybridized carbons (Fsp3) is 0.682. The smallest absolute Gasteiger partial charge is 0.191 e. The van der Waals surface area contributed by atoms with Gasteiger partial charge in [-0.25, -0.2) is 0 Å². The molecule has 0 unspecified atom stereocenters. The van der Waals surface area contributed by atoms with E-state index in [4.69, 9.17) is 9.47 Å². The van der Waals surface area contributed by atoms with Crippen LogP contribution >= 0.6 is 0 Å². The third kappa shape index (κ3) is 7.68. The molecule has 28 heavy (non-hydrogen) atoms. The first-order valence-corrected chi connectivity index (χ1v) is 10.6. The van der Waals surface area contributed by atoms with Crippen molar-refractivity contribution in [2.24, 2.45) is 4.99 Å². The number of guanidine groups is 1. The van der Waals surface area contributed by atoms with Crippen molar-refractivity contribution in [3.05, 3.63) is 29.3 Å². The van der Waals surface area contributed by atoms with E-state index in [-0.39, 0.29) is 0 Å². The molecular formula is C22H38N4O2. The van der Waals surface area contributed by atoms with E-state index in [9.17, 15) is 0 Å². The van der Waals surface area contributed by atoms with Crippen LogP contribution in [0.25, 0.3) is 0 Å². The van der Waals surface area contributed by atoms with Gasteiger partial charge in [0.1, 0.15) is 12.4 Å². The Hall–Kier alpha value is -1.79. The van der Waals surface area contributed by atoms with E-state index in [1.54, 1.807) is 0 Å². The van der Waals surface area contributed by atoms with Crippen LogP contribution in [0.4, 0.5) is 0 Å². The van der Waals surface area contributed by atoms with E-state index in [1.807, 2.05) is 14.0 Å². The highest BCUT2D eigenvalue weighted by molar-refractivity contribution is 5.79. The van der Waals surface area contributed by atoms with Crippen molar-refractivity contribution in [1.29, 1.82) is 0 Å². The lowest BCUT2D eigenvalue weighted by atomic mass is 10.1. The molecule has 158 valence electrons. The highest BCUT2D eigenvalue weighted by atomic mass is 16.5. The Morgan fingerprint density at radius 2 is 2.04 bits per heavy atom. The number of nitrogens with zero attached hydrogens (tertiary/aromatic N) is 2. The Labute approximate surface area is 170 Å². The molecule has 0 amide bonds. The van der Waals surface area contributed by atoms with Crippen LogP contribution < -0.4 is 15.4 Å². The monoisotopic (exact) mass is 390 g/mol. The lowest BCUT2D eigenvalue weighted by Gasteiger charge is -2.26. The zero-order valence-corrected chi connectivity index (χ0v) is 18.3. The quantitative estimate of drug-likeness (QED) is 0.326. The minimum Gasteiger partial charge on any atom is -0.491 e. The molecule has 2 N–H and O–H groups in total. The van der Waals surface area contributed by atoms with Crippen LogP contribution in [0.5, 0.6) is 5.75 Å². The molecule has 0 saturated heterocycles. The normalized spacial score (nSPS) is 14.6. The number of aryl methyl sites for hydroxylation is 1. The second-order valence-corrected chi connectivity index (χ2v) is 7.57. The summed E-state index contributed by atoms with van der Waals surface area (Å²) in [6, 6.07) is 7.67. The fourth-order valence-corrected chi connectivity index (χ4v) is 3.27. The van der Waals surface area contributed by atoms with Gasteiger partial charge in [0, 0.05) is 50.9 Å². The maximum atomic E-state index is 5.93. The van der Waals surface area contributed by atoms with Crippen molar-refractivity contribution in [3.63, 3.8) is 0 Å². The summed E-state index contributed by atoms with van der Waals surface area (Å²) in [6.45, 7) is 13.1. The van der Waals surface area contributed by atoms with Gasteiger partial charge >= 0.3 is 0 Å². The van der Waals surface area contributed by atoms with Crippen LogP contribution in [0.2, 0.25) is 0 Å². The molecule has 0 spiro atoms. The Bertz CT molecular complexity index is 613. The summed E-state index contributed by atoms with van der Waals surface area (Å²) in [5, 5.41) is 6.84. The highest BCUT2D eigenvalue weighted by Crippen LogP contribution is 2.27. The molecule has 0 bridgehead atoms. The summed E-state index contributed by atoms with van der Waals surface area (Å²) in [5.74, 6) is 1.72. The number of ether oxygens (including phenoxy) is 2. The third-order valence-corrected chi connectivity index (χ3v) is 4.92. The third-order valence-electron chi connectivity index (χ3n) is 4.92. The van der Waals surface area contributed by atoms with Gasteiger partial charge in [-0.1, -0.05) is 12.1 Å². The van der Waals surface area contributed by atoms with Crippen LogP contribution in [0.15, 0.2) is 23.2 Å². The first kappa shape index (κ1) is 22.5. The van der Waals surface area contributed by atoms with Gasteiger partial charge < -0.3 is 20.1 Å². The standard InChI is InChI=1S/C22H38N4O2/c1-6-27-13-14-28-21-15-18(4)7-8-19(21)16-25-22(23-5)24-11-12-26(17(2)3)20-9-10-20/h7-8,15,17,20H,6,9-14,16H2,1-5H3,(H2,23,24,25). The summed E-state index contributed by atoms with van der Waals surface area (Å²) >= 11 is 0. The molecule has 1 aromatic carbocycles. The summed E-state index contributed by atoms with van der Waals surface area (Å²) in [6.07, 6.45) is 2.68. The number of rotatable bonds is 12.